The van der Waals surface area contributed by atoms with Gasteiger partial charge in [0.25, 0.3) is 0 Å². The van der Waals surface area contributed by atoms with Gasteiger partial charge in [0.1, 0.15) is 13.2 Å². The van der Waals surface area contributed by atoms with E-state index in [-0.39, 0.29) is 31.1 Å². The molecule has 65 heavy (non-hydrogen) atoms. The van der Waals surface area contributed by atoms with E-state index in [2.05, 4.69) is 118 Å². The van der Waals surface area contributed by atoms with Crippen molar-refractivity contribution in [1.82, 2.24) is 0 Å². The summed E-state index contributed by atoms with van der Waals surface area (Å²) in [5.74, 6) is -0.956. The number of rotatable bonds is 47. The molecule has 0 aromatic rings. The van der Waals surface area contributed by atoms with Gasteiger partial charge in [-0.25, -0.2) is 0 Å². The quantitative estimate of drug-likeness (QED) is 0.0262. The molecule has 0 unspecified atom stereocenters. The average Bonchev–Trinajstić information content (AvgIpc) is 3.30. The number of hydrogen-bond acceptors (Lipinski definition) is 6. The molecule has 0 fully saturated rings. The number of hydrogen-bond donors (Lipinski definition) is 0. The minimum Gasteiger partial charge on any atom is -0.462 e. The van der Waals surface area contributed by atoms with Crippen molar-refractivity contribution in [2.24, 2.45) is 0 Å². The van der Waals surface area contributed by atoms with Crippen LogP contribution in [0.4, 0.5) is 0 Å². The number of carbonyl (C=O) groups is 3. The number of carbonyl (C=O) groups excluding carboxylic acids is 3. The number of allylic oxidation sites excluding steroid dienone is 16. The first kappa shape index (κ1) is 61.3. The summed E-state index contributed by atoms with van der Waals surface area (Å²) in [6, 6.07) is 0. The van der Waals surface area contributed by atoms with E-state index in [4.69, 9.17) is 14.2 Å². The Kier molecular flexibility index (Phi) is 50.0. The maximum Gasteiger partial charge on any atom is 0.306 e. The number of esters is 3. The molecular weight excluding hydrogens is 805 g/mol. The molecule has 0 N–H and O–H groups in total. The van der Waals surface area contributed by atoms with Crippen LogP contribution in [0.25, 0.3) is 0 Å². The summed E-state index contributed by atoms with van der Waals surface area (Å²) in [7, 11) is 0. The van der Waals surface area contributed by atoms with Gasteiger partial charge in [0, 0.05) is 19.3 Å². The highest BCUT2D eigenvalue weighted by molar-refractivity contribution is 5.71. The molecule has 0 aromatic carbocycles. The lowest BCUT2D eigenvalue weighted by molar-refractivity contribution is -0.167. The minimum absolute atomic E-state index is 0.0992. The van der Waals surface area contributed by atoms with Crippen LogP contribution in [0.5, 0.6) is 0 Å². The predicted molar refractivity (Wildman–Crippen MR) is 279 cm³/mol. The second kappa shape index (κ2) is 52.9. The van der Waals surface area contributed by atoms with E-state index in [1.807, 2.05) is 0 Å². The van der Waals surface area contributed by atoms with Gasteiger partial charge in [-0.2, -0.15) is 0 Å². The summed E-state index contributed by atoms with van der Waals surface area (Å²) in [6.07, 6.45) is 69.6. The van der Waals surface area contributed by atoms with Gasteiger partial charge in [-0.1, -0.05) is 195 Å². The Balaban J connectivity index is 4.48. The molecule has 1 atom stereocenters. The third-order valence-corrected chi connectivity index (χ3v) is 11.0. The molecule has 0 bridgehead atoms. The van der Waals surface area contributed by atoms with Crippen LogP contribution in [-0.4, -0.2) is 37.2 Å². The average molecular weight is 903 g/mol. The topological polar surface area (TPSA) is 78.9 Å². The van der Waals surface area contributed by atoms with E-state index >= 15 is 0 Å². The number of unbranched alkanes of at least 4 members (excludes halogenated alkanes) is 20. The van der Waals surface area contributed by atoms with Crippen molar-refractivity contribution in [3.8, 4) is 0 Å². The largest absolute Gasteiger partial charge is 0.462 e. The van der Waals surface area contributed by atoms with Crippen molar-refractivity contribution >= 4 is 17.9 Å². The molecule has 0 spiro atoms. The molecule has 0 aliphatic heterocycles. The molecule has 0 heterocycles. The van der Waals surface area contributed by atoms with Gasteiger partial charge in [-0.15, -0.1) is 0 Å². The third kappa shape index (κ3) is 51.2. The fourth-order valence-corrected chi connectivity index (χ4v) is 7.02. The lowest BCUT2D eigenvalue weighted by atomic mass is 10.1. The fourth-order valence-electron chi connectivity index (χ4n) is 7.02. The van der Waals surface area contributed by atoms with Crippen LogP contribution in [0.1, 0.15) is 239 Å². The zero-order valence-electron chi connectivity index (χ0n) is 42.2. The Morgan fingerprint density at radius 1 is 0.323 bits per heavy atom. The molecule has 0 saturated heterocycles. The van der Waals surface area contributed by atoms with Crippen LogP contribution in [0.2, 0.25) is 0 Å². The van der Waals surface area contributed by atoms with Crippen molar-refractivity contribution in [2.45, 2.75) is 245 Å². The highest BCUT2D eigenvalue weighted by atomic mass is 16.6. The van der Waals surface area contributed by atoms with E-state index < -0.39 is 6.10 Å². The Morgan fingerprint density at radius 3 is 1.00 bits per heavy atom. The Labute approximate surface area is 400 Å². The Morgan fingerprint density at radius 2 is 0.600 bits per heavy atom. The van der Waals surface area contributed by atoms with Crippen molar-refractivity contribution in [3.63, 3.8) is 0 Å². The highest BCUT2D eigenvalue weighted by Gasteiger charge is 2.19. The standard InChI is InChI=1S/C59H98O6/c1-4-7-10-13-16-19-22-25-27-28-29-30-32-34-37-40-43-46-49-52-58(61)64-55-56(54-63-57(60)51-48-45-42-39-36-33-24-21-18-15-12-9-6-3)65-59(62)53-50-47-44-41-38-35-31-26-23-20-17-14-11-8-5-2/h7,10,16-17,19-21,24-27,29-31,34,37,56H,4-6,8-9,11-15,18,22-23,28,32-33,35-36,38-55H2,1-3H3/b10-7-,19-16-,20-17-,24-21-,27-25-,30-29-,31-26-,37-34-/t56-/m0/s1. The second-order valence-corrected chi connectivity index (χ2v) is 17.4. The van der Waals surface area contributed by atoms with Crippen LogP contribution in [0.3, 0.4) is 0 Å². The second-order valence-electron chi connectivity index (χ2n) is 17.4. The molecule has 0 saturated carbocycles. The van der Waals surface area contributed by atoms with E-state index in [0.29, 0.717) is 19.3 Å². The fraction of sp³-hybridized carbons (Fsp3) is 0.678. The van der Waals surface area contributed by atoms with E-state index in [1.54, 1.807) is 0 Å². The maximum absolute atomic E-state index is 12.8. The Bertz CT molecular complexity index is 1310. The molecule has 0 aliphatic carbocycles. The molecule has 0 rings (SSSR count). The van der Waals surface area contributed by atoms with Crippen LogP contribution in [0.15, 0.2) is 97.2 Å². The molecule has 6 nitrogen and oxygen atoms in total. The molecule has 0 aliphatic rings. The van der Waals surface area contributed by atoms with Crippen molar-refractivity contribution in [3.05, 3.63) is 97.2 Å². The molecular formula is C59H98O6. The Hall–Kier alpha value is -3.67. The lowest BCUT2D eigenvalue weighted by Crippen LogP contribution is -2.30. The SMILES string of the molecule is CC/C=C\C/C=C\C/C=C\C/C=C\C/C=C\CCCCCC(=O)OC[C@H](COC(=O)CCCCCCC/C=C\CCCCCC)OC(=O)CCCCCCC/C=C\C/C=C\CCCCC. The van der Waals surface area contributed by atoms with Crippen LogP contribution < -0.4 is 0 Å². The monoisotopic (exact) mass is 903 g/mol. The smallest absolute Gasteiger partial charge is 0.306 e. The van der Waals surface area contributed by atoms with Gasteiger partial charge in [-0.05, 0) is 122 Å². The highest BCUT2D eigenvalue weighted by Crippen LogP contribution is 2.13. The maximum atomic E-state index is 12.8. The van der Waals surface area contributed by atoms with Crippen molar-refractivity contribution in [2.75, 3.05) is 13.2 Å². The van der Waals surface area contributed by atoms with Gasteiger partial charge in [-0.3, -0.25) is 14.4 Å². The van der Waals surface area contributed by atoms with Gasteiger partial charge < -0.3 is 14.2 Å². The molecule has 0 radical (unpaired) electrons. The first-order valence-corrected chi connectivity index (χ1v) is 26.7. The summed E-state index contributed by atoms with van der Waals surface area (Å²) in [6.45, 7) is 6.43. The van der Waals surface area contributed by atoms with Gasteiger partial charge in [0.05, 0.1) is 0 Å². The number of ether oxygens (including phenoxy) is 3. The van der Waals surface area contributed by atoms with Gasteiger partial charge in [0.2, 0.25) is 0 Å². The van der Waals surface area contributed by atoms with Crippen LogP contribution in [-0.2, 0) is 28.6 Å². The summed E-state index contributed by atoms with van der Waals surface area (Å²) >= 11 is 0. The molecule has 370 valence electrons. The molecule has 0 aromatic heterocycles. The summed E-state index contributed by atoms with van der Waals surface area (Å²) in [4.78, 5) is 38.0. The minimum atomic E-state index is -0.802. The van der Waals surface area contributed by atoms with Gasteiger partial charge >= 0.3 is 17.9 Å². The van der Waals surface area contributed by atoms with Crippen molar-refractivity contribution in [1.29, 1.82) is 0 Å². The first-order valence-electron chi connectivity index (χ1n) is 26.7. The van der Waals surface area contributed by atoms with Crippen molar-refractivity contribution < 1.29 is 28.6 Å². The van der Waals surface area contributed by atoms with Crippen LogP contribution in [0, 0.1) is 0 Å². The van der Waals surface area contributed by atoms with E-state index in [1.165, 1.54) is 64.2 Å². The van der Waals surface area contributed by atoms with Gasteiger partial charge in [0.15, 0.2) is 6.10 Å². The van der Waals surface area contributed by atoms with E-state index in [9.17, 15) is 14.4 Å². The molecule has 0 amide bonds. The summed E-state index contributed by atoms with van der Waals surface area (Å²) in [5, 5.41) is 0. The molecule has 6 heteroatoms. The van der Waals surface area contributed by atoms with Crippen LogP contribution >= 0.6 is 0 Å². The zero-order chi connectivity index (χ0) is 47.2. The zero-order valence-corrected chi connectivity index (χ0v) is 42.2. The third-order valence-electron chi connectivity index (χ3n) is 11.0. The lowest BCUT2D eigenvalue weighted by Gasteiger charge is -2.18. The normalized spacial score (nSPS) is 12.8. The van der Waals surface area contributed by atoms with E-state index in [0.717, 1.165) is 135 Å². The predicted octanol–water partition coefficient (Wildman–Crippen LogP) is 17.8. The summed E-state index contributed by atoms with van der Waals surface area (Å²) < 4.78 is 16.8. The summed E-state index contributed by atoms with van der Waals surface area (Å²) in [5.41, 5.74) is 0. The first-order chi connectivity index (χ1) is 32.0.